The summed E-state index contributed by atoms with van der Waals surface area (Å²) in [6, 6.07) is 0. The zero-order valence-electron chi connectivity index (χ0n) is 10.4. The molecular weight excluding hydrogens is 260 g/mol. The lowest BCUT2D eigenvalue weighted by molar-refractivity contribution is -0.146. The number of hydrogen-bond acceptors (Lipinski definition) is 5. The van der Waals surface area contributed by atoms with Crippen LogP contribution in [-0.2, 0) is 24.6 Å². The van der Waals surface area contributed by atoms with Gasteiger partial charge in [-0.05, 0) is 19.3 Å². The van der Waals surface area contributed by atoms with Gasteiger partial charge in [0.15, 0.2) is 0 Å². The number of nitrogens with zero attached hydrogens (tertiary/aromatic N) is 2. The van der Waals surface area contributed by atoms with Crippen molar-refractivity contribution in [2.45, 2.75) is 19.3 Å². The van der Waals surface area contributed by atoms with Crippen LogP contribution < -0.4 is 0 Å². The number of hydrogen-bond donors (Lipinski definition) is 0. The van der Waals surface area contributed by atoms with E-state index in [2.05, 4.69) is 4.74 Å². The van der Waals surface area contributed by atoms with Gasteiger partial charge in [0, 0.05) is 19.6 Å². The highest BCUT2D eigenvalue weighted by Gasteiger charge is 2.37. The van der Waals surface area contributed by atoms with Crippen molar-refractivity contribution in [3.05, 3.63) is 0 Å². The van der Waals surface area contributed by atoms with Gasteiger partial charge in [0.2, 0.25) is 0 Å². The van der Waals surface area contributed by atoms with Crippen molar-refractivity contribution in [3.8, 4) is 0 Å². The summed E-state index contributed by atoms with van der Waals surface area (Å²) in [5, 5.41) is 0. The SMILES string of the molecule is COC(=O)C1CCN(S(=O)(=O)N2CCCO2)CC1. The molecule has 8 heteroatoms. The molecule has 0 aromatic carbocycles. The quantitative estimate of drug-likeness (QED) is 0.666. The molecule has 2 saturated heterocycles. The van der Waals surface area contributed by atoms with Crippen LogP contribution >= 0.6 is 0 Å². The van der Waals surface area contributed by atoms with Gasteiger partial charge in [-0.3, -0.25) is 9.63 Å². The Bertz CT molecular complexity index is 396. The Labute approximate surface area is 107 Å². The molecule has 0 aliphatic carbocycles. The largest absolute Gasteiger partial charge is 0.469 e. The summed E-state index contributed by atoms with van der Waals surface area (Å²) in [4.78, 5) is 16.4. The van der Waals surface area contributed by atoms with E-state index < -0.39 is 10.2 Å². The molecule has 0 unspecified atom stereocenters. The van der Waals surface area contributed by atoms with E-state index in [1.54, 1.807) is 0 Å². The lowest BCUT2D eigenvalue weighted by Crippen LogP contribution is -2.46. The highest BCUT2D eigenvalue weighted by atomic mass is 32.2. The van der Waals surface area contributed by atoms with Crippen molar-refractivity contribution in [1.82, 2.24) is 8.77 Å². The highest BCUT2D eigenvalue weighted by molar-refractivity contribution is 7.86. The Kier molecular flexibility index (Phi) is 4.21. The first-order chi connectivity index (χ1) is 8.55. The number of carbonyl (C=O) groups excluding carboxylic acids is 1. The average Bonchev–Trinajstić information content (AvgIpc) is 2.92. The zero-order chi connectivity index (χ0) is 13.2. The second-order valence-corrected chi connectivity index (χ2v) is 6.24. The smallest absolute Gasteiger partial charge is 0.308 e. The van der Waals surface area contributed by atoms with Crippen LogP contribution in [0.3, 0.4) is 0 Å². The first kappa shape index (κ1) is 13.7. The van der Waals surface area contributed by atoms with E-state index in [9.17, 15) is 13.2 Å². The Balaban J connectivity index is 1.94. The van der Waals surface area contributed by atoms with Gasteiger partial charge < -0.3 is 4.74 Å². The van der Waals surface area contributed by atoms with Gasteiger partial charge in [-0.2, -0.15) is 12.7 Å². The Morgan fingerprint density at radius 2 is 1.94 bits per heavy atom. The average molecular weight is 278 g/mol. The molecule has 0 atom stereocenters. The van der Waals surface area contributed by atoms with Crippen LogP contribution in [-0.4, -0.2) is 56.5 Å². The van der Waals surface area contributed by atoms with Crippen LogP contribution in [0.25, 0.3) is 0 Å². The Hall–Kier alpha value is -0.700. The normalized spacial score (nSPS) is 24.3. The number of hydroxylamine groups is 1. The molecule has 0 saturated carbocycles. The minimum atomic E-state index is -3.53. The third kappa shape index (κ3) is 2.66. The number of ether oxygens (including phenoxy) is 1. The predicted molar refractivity (Wildman–Crippen MR) is 62.5 cm³/mol. The molecule has 104 valence electrons. The standard InChI is InChI=1S/C10H18N2O5S/c1-16-10(13)9-3-6-11(7-4-9)18(14,15)12-5-2-8-17-12/h9H,2-8H2,1H3. The molecule has 7 nitrogen and oxygen atoms in total. The highest BCUT2D eigenvalue weighted by Crippen LogP contribution is 2.23. The summed E-state index contributed by atoms with van der Waals surface area (Å²) in [5.41, 5.74) is 0. The number of esters is 1. The molecule has 0 radical (unpaired) electrons. The van der Waals surface area contributed by atoms with Gasteiger partial charge in [0.1, 0.15) is 0 Å². The topological polar surface area (TPSA) is 76.2 Å². The first-order valence-electron chi connectivity index (χ1n) is 6.04. The van der Waals surface area contributed by atoms with Crippen LogP contribution in [0.1, 0.15) is 19.3 Å². The molecule has 0 N–H and O–H groups in total. The summed E-state index contributed by atoms with van der Waals surface area (Å²) >= 11 is 0. The molecule has 18 heavy (non-hydrogen) atoms. The molecule has 0 spiro atoms. The van der Waals surface area contributed by atoms with Crippen LogP contribution in [0.5, 0.6) is 0 Å². The van der Waals surface area contributed by atoms with Gasteiger partial charge in [0.25, 0.3) is 0 Å². The Morgan fingerprint density at radius 1 is 1.28 bits per heavy atom. The molecule has 0 aromatic heterocycles. The summed E-state index contributed by atoms with van der Waals surface area (Å²) in [7, 11) is -2.17. The van der Waals surface area contributed by atoms with E-state index in [1.165, 1.54) is 11.4 Å². The molecule has 0 amide bonds. The number of carbonyl (C=O) groups is 1. The van der Waals surface area contributed by atoms with Crippen molar-refractivity contribution in [2.24, 2.45) is 5.92 Å². The number of rotatable bonds is 3. The minimum absolute atomic E-state index is 0.194. The number of methoxy groups -OCH3 is 1. The van der Waals surface area contributed by atoms with E-state index in [-0.39, 0.29) is 11.9 Å². The second-order valence-electron chi connectivity index (χ2n) is 4.42. The second kappa shape index (κ2) is 5.52. The van der Waals surface area contributed by atoms with E-state index >= 15 is 0 Å². The maximum atomic E-state index is 12.1. The van der Waals surface area contributed by atoms with Gasteiger partial charge >= 0.3 is 16.2 Å². The molecule has 2 heterocycles. The monoisotopic (exact) mass is 278 g/mol. The van der Waals surface area contributed by atoms with E-state index in [0.29, 0.717) is 39.1 Å². The fourth-order valence-electron chi connectivity index (χ4n) is 2.22. The third-order valence-corrected chi connectivity index (χ3v) is 5.11. The van der Waals surface area contributed by atoms with Gasteiger partial charge in [0.05, 0.1) is 19.6 Å². The summed E-state index contributed by atoms with van der Waals surface area (Å²) in [6.45, 7) is 1.51. The summed E-state index contributed by atoms with van der Waals surface area (Å²) in [5.74, 6) is -0.453. The first-order valence-corrected chi connectivity index (χ1v) is 7.44. The summed E-state index contributed by atoms with van der Waals surface area (Å²) in [6.07, 6.45) is 1.72. The van der Waals surface area contributed by atoms with Crippen LogP contribution in [0, 0.1) is 5.92 Å². The lowest BCUT2D eigenvalue weighted by Gasteiger charge is -2.31. The minimum Gasteiger partial charge on any atom is -0.469 e. The zero-order valence-corrected chi connectivity index (χ0v) is 11.2. The van der Waals surface area contributed by atoms with Gasteiger partial charge in [-0.25, -0.2) is 0 Å². The fourth-order valence-corrected chi connectivity index (χ4v) is 3.72. The fraction of sp³-hybridized carbons (Fsp3) is 0.900. The van der Waals surface area contributed by atoms with Crippen molar-refractivity contribution in [3.63, 3.8) is 0 Å². The van der Waals surface area contributed by atoms with Crippen molar-refractivity contribution in [2.75, 3.05) is 33.4 Å². The van der Waals surface area contributed by atoms with E-state index in [4.69, 9.17) is 4.84 Å². The Morgan fingerprint density at radius 3 is 2.44 bits per heavy atom. The lowest BCUT2D eigenvalue weighted by atomic mass is 9.99. The predicted octanol–water partition coefficient (Wildman–Crippen LogP) is -0.246. The maximum Gasteiger partial charge on any atom is 0.308 e. The maximum absolute atomic E-state index is 12.1. The molecule has 0 aromatic rings. The van der Waals surface area contributed by atoms with Crippen molar-refractivity contribution in [1.29, 1.82) is 0 Å². The van der Waals surface area contributed by atoms with Crippen LogP contribution in [0.2, 0.25) is 0 Å². The number of piperidine rings is 1. The van der Waals surface area contributed by atoms with Gasteiger partial charge in [-0.1, -0.05) is 4.47 Å². The van der Waals surface area contributed by atoms with Crippen LogP contribution in [0.4, 0.5) is 0 Å². The third-order valence-electron chi connectivity index (χ3n) is 3.29. The van der Waals surface area contributed by atoms with Crippen LogP contribution in [0.15, 0.2) is 0 Å². The van der Waals surface area contributed by atoms with E-state index in [1.807, 2.05) is 0 Å². The van der Waals surface area contributed by atoms with Crippen molar-refractivity contribution < 1.29 is 22.8 Å². The molecule has 2 fully saturated rings. The van der Waals surface area contributed by atoms with E-state index in [0.717, 1.165) is 10.9 Å². The molecular formula is C10H18N2O5S. The van der Waals surface area contributed by atoms with Crippen molar-refractivity contribution >= 4 is 16.2 Å². The molecule has 2 aliphatic heterocycles. The molecule has 2 rings (SSSR count). The molecule has 0 bridgehead atoms. The summed E-state index contributed by atoms with van der Waals surface area (Å²) < 4.78 is 31.4. The van der Waals surface area contributed by atoms with Gasteiger partial charge in [-0.15, -0.1) is 0 Å². The molecule has 2 aliphatic rings.